The molecule has 1 aliphatic carbocycles. The van der Waals surface area contributed by atoms with Crippen molar-refractivity contribution in [1.82, 2.24) is 0 Å². The minimum atomic E-state index is -0.0857. The van der Waals surface area contributed by atoms with Gasteiger partial charge in [-0.05, 0) is 30.2 Å². The highest BCUT2D eigenvalue weighted by molar-refractivity contribution is 5.72. The zero-order valence-corrected chi connectivity index (χ0v) is 13.2. The first-order valence-electron chi connectivity index (χ1n) is 8.47. The van der Waals surface area contributed by atoms with Gasteiger partial charge in [0.1, 0.15) is 0 Å². The van der Waals surface area contributed by atoms with Crippen molar-refractivity contribution in [2.75, 3.05) is 6.61 Å². The molecule has 2 unspecified atom stereocenters. The summed E-state index contributed by atoms with van der Waals surface area (Å²) in [5, 5.41) is 0. The molecule has 2 nitrogen and oxygen atoms in total. The molecular formula is C19H28O2. The van der Waals surface area contributed by atoms with Crippen LogP contribution in [0.3, 0.4) is 0 Å². The Morgan fingerprint density at radius 1 is 1.14 bits per heavy atom. The Labute approximate surface area is 128 Å². The molecule has 0 N–H and O–H groups in total. The molecule has 21 heavy (non-hydrogen) atoms. The summed E-state index contributed by atoms with van der Waals surface area (Å²) in [6.07, 6.45) is 9.46. The Morgan fingerprint density at radius 3 is 2.57 bits per heavy atom. The van der Waals surface area contributed by atoms with E-state index in [2.05, 4.69) is 6.92 Å². The first-order valence-corrected chi connectivity index (χ1v) is 8.47. The fourth-order valence-electron chi connectivity index (χ4n) is 3.42. The number of carbonyl (C=O) groups is 1. The van der Waals surface area contributed by atoms with E-state index in [0.29, 0.717) is 18.9 Å². The maximum absolute atomic E-state index is 11.9. The van der Waals surface area contributed by atoms with E-state index < -0.39 is 0 Å². The summed E-state index contributed by atoms with van der Waals surface area (Å²) in [6, 6.07) is 9.84. The van der Waals surface area contributed by atoms with Crippen LogP contribution in [0.5, 0.6) is 0 Å². The van der Waals surface area contributed by atoms with E-state index in [1.807, 2.05) is 30.3 Å². The lowest BCUT2D eigenvalue weighted by Crippen LogP contribution is -2.17. The van der Waals surface area contributed by atoms with Crippen molar-refractivity contribution in [2.45, 2.75) is 58.3 Å². The smallest absolute Gasteiger partial charge is 0.310 e. The van der Waals surface area contributed by atoms with Crippen LogP contribution in [0, 0.1) is 11.8 Å². The zero-order chi connectivity index (χ0) is 14.9. The maximum Gasteiger partial charge on any atom is 0.310 e. The molecule has 2 rings (SSSR count). The molecule has 0 radical (unpaired) electrons. The quantitative estimate of drug-likeness (QED) is 0.557. The topological polar surface area (TPSA) is 26.3 Å². The SMILES string of the molecule is CCCC1CCCCC(COC(=O)Cc2ccccc2)C1. The lowest BCUT2D eigenvalue weighted by atomic mass is 9.90. The minimum Gasteiger partial charge on any atom is -0.465 e. The van der Waals surface area contributed by atoms with Crippen molar-refractivity contribution in [3.05, 3.63) is 35.9 Å². The number of rotatable bonds is 6. The molecule has 2 atom stereocenters. The third kappa shape index (κ3) is 5.91. The molecular weight excluding hydrogens is 260 g/mol. The summed E-state index contributed by atoms with van der Waals surface area (Å²) >= 11 is 0. The number of esters is 1. The van der Waals surface area contributed by atoms with Crippen molar-refractivity contribution < 1.29 is 9.53 Å². The van der Waals surface area contributed by atoms with E-state index in [9.17, 15) is 4.79 Å². The molecule has 0 aromatic heterocycles. The summed E-state index contributed by atoms with van der Waals surface area (Å²) in [6.45, 7) is 2.88. The van der Waals surface area contributed by atoms with Crippen LogP contribution < -0.4 is 0 Å². The molecule has 0 heterocycles. The van der Waals surface area contributed by atoms with Crippen molar-refractivity contribution in [3.8, 4) is 0 Å². The molecule has 1 aromatic rings. The second-order valence-corrected chi connectivity index (χ2v) is 6.39. The average Bonchev–Trinajstić information content (AvgIpc) is 2.72. The van der Waals surface area contributed by atoms with Crippen LogP contribution >= 0.6 is 0 Å². The van der Waals surface area contributed by atoms with Gasteiger partial charge in [0, 0.05) is 0 Å². The third-order valence-corrected chi connectivity index (χ3v) is 4.51. The fraction of sp³-hybridized carbons (Fsp3) is 0.632. The summed E-state index contributed by atoms with van der Waals surface area (Å²) in [5.74, 6) is 1.33. The minimum absolute atomic E-state index is 0.0857. The number of benzene rings is 1. The highest BCUT2D eigenvalue weighted by atomic mass is 16.5. The van der Waals surface area contributed by atoms with Crippen molar-refractivity contribution in [1.29, 1.82) is 0 Å². The van der Waals surface area contributed by atoms with Crippen molar-refractivity contribution >= 4 is 5.97 Å². The lowest BCUT2D eigenvalue weighted by Gasteiger charge is -2.19. The number of hydrogen-bond donors (Lipinski definition) is 0. The van der Waals surface area contributed by atoms with Crippen LogP contribution in [-0.2, 0) is 16.0 Å². The van der Waals surface area contributed by atoms with Gasteiger partial charge in [-0.25, -0.2) is 0 Å². The highest BCUT2D eigenvalue weighted by Gasteiger charge is 2.21. The highest BCUT2D eigenvalue weighted by Crippen LogP contribution is 2.30. The van der Waals surface area contributed by atoms with Crippen molar-refractivity contribution in [3.63, 3.8) is 0 Å². The largest absolute Gasteiger partial charge is 0.465 e. The van der Waals surface area contributed by atoms with Crippen LogP contribution in [0.1, 0.15) is 57.4 Å². The Kier molecular flexibility index (Phi) is 6.78. The fourth-order valence-corrected chi connectivity index (χ4v) is 3.42. The summed E-state index contributed by atoms with van der Waals surface area (Å²) in [5.41, 5.74) is 1.03. The van der Waals surface area contributed by atoms with Gasteiger partial charge in [-0.1, -0.05) is 69.4 Å². The Bertz CT molecular complexity index is 413. The molecule has 0 amide bonds. The van der Waals surface area contributed by atoms with E-state index in [1.165, 1.54) is 44.9 Å². The van der Waals surface area contributed by atoms with Crippen molar-refractivity contribution in [2.24, 2.45) is 11.8 Å². The van der Waals surface area contributed by atoms with Gasteiger partial charge in [0.25, 0.3) is 0 Å². The zero-order valence-electron chi connectivity index (χ0n) is 13.2. The van der Waals surface area contributed by atoms with Crippen LogP contribution in [-0.4, -0.2) is 12.6 Å². The molecule has 0 spiro atoms. The second kappa shape index (κ2) is 8.86. The first kappa shape index (κ1) is 16.1. The molecule has 1 fully saturated rings. The van der Waals surface area contributed by atoms with Gasteiger partial charge in [-0.2, -0.15) is 0 Å². The summed E-state index contributed by atoms with van der Waals surface area (Å²) in [7, 11) is 0. The van der Waals surface area contributed by atoms with Crippen LogP contribution in [0.15, 0.2) is 30.3 Å². The molecule has 1 aliphatic rings. The predicted molar refractivity (Wildman–Crippen MR) is 86.1 cm³/mol. The van der Waals surface area contributed by atoms with Gasteiger partial charge >= 0.3 is 5.97 Å². The number of hydrogen-bond acceptors (Lipinski definition) is 2. The van der Waals surface area contributed by atoms with E-state index in [4.69, 9.17) is 4.74 Å². The van der Waals surface area contributed by atoms with E-state index >= 15 is 0 Å². The third-order valence-electron chi connectivity index (χ3n) is 4.51. The molecule has 1 aromatic carbocycles. The van der Waals surface area contributed by atoms with Crippen LogP contribution in [0.2, 0.25) is 0 Å². The van der Waals surface area contributed by atoms with Crippen LogP contribution in [0.4, 0.5) is 0 Å². The number of ether oxygens (including phenoxy) is 1. The molecule has 0 bridgehead atoms. The van der Waals surface area contributed by atoms with Gasteiger partial charge in [-0.3, -0.25) is 4.79 Å². The second-order valence-electron chi connectivity index (χ2n) is 6.39. The summed E-state index contributed by atoms with van der Waals surface area (Å²) in [4.78, 5) is 11.9. The van der Waals surface area contributed by atoms with Gasteiger partial charge in [-0.15, -0.1) is 0 Å². The van der Waals surface area contributed by atoms with Crippen LogP contribution in [0.25, 0.3) is 0 Å². The lowest BCUT2D eigenvalue weighted by molar-refractivity contribution is -0.144. The Balaban J connectivity index is 1.74. The van der Waals surface area contributed by atoms with Gasteiger partial charge < -0.3 is 4.74 Å². The van der Waals surface area contributed by atoms with Gasteiger partial charge in [0.2, 0.25) is 0 Å². The molecule has 0 saturated heterocycles. The van der Waals surface area contributed by atoms with E-state index in [0.717, 1.165) is 11.5 Å². The molecule has 116 valence electrons. The Morgan fingerprint density at radius 2 is 1.86 bits per heavy atom. The summed E-state index contributed by atoms with van der Waals surface area (Å²) < 4.78 is 5.53. The monoisotopic (exact) mass is 288 g/mol. The van der Waals surface area contributed by atoms with Gasteiger partial charge in [0.15, 0.2) is 0 Å². The van der Waals surface area contributed by atoms with E-state index in [-0.39, 0.29) is 5.97 Å². The van der Waals surface area contributed by atoms with Gasteiger partial charge in [0.05, 0.1) is 13.0 Å². The standard InChI is InChI=1S/C19H28O2/c1-2-8-16-11-6-7-12-18(13-16)15-21-19(20)14-17-9-4-3-5-10-17/h3-5,9-10,16,18H,2,6-8,11-15H2,1H3. The molecule has 1 saturated carbocycles. The number of carbonyl (C=O) groups excluding carboxylic acids is 1. The first-order chi connectivity index (χ1) is 10.3. The molecule has 0 aliphatic heterocycles. The predicted octanol–water partition coefficient (Wildman–Crippen LogP) is 4.77. The normalized spacial score (nSPS) is 22.5. The maximum atomic E-state index is 11.9. The Hall–Kier alpha value is -1.31. The van der Waals surface area contributed by atoms with E-state index in [1.54, 1.807) is 0 Å². The average molecular weight is 288 g/mol. The molecule has 2 heteroatoms.